The van der Waals surface area contributed by atoms with Crippen LogP contribution in [-0.2, 0) is 9.59 Å². The Labute approximate surface area is 343 Å². The van der Waals surface area contributed by atoms with E-state index in [9.17, 15) is 24.4 Å². The maximum atomic E-state index is 14.2. The van der Waals surface area contributed by atoms with E-state index in [1.165, 1.54) is 11.8 Å². The molecule has 284 valence electrons. The van der Waals surface area contributed by atoms with E-state index in [4.69, 9.17) is 0 Å². The van der Waals surface area contributed by atoms with Gasteiger partial charge in [-0.1, -0.05) is 115 Å². The highest BCUT2D eigenvalue weighted by Crippen LogP contribution is 2.39. The number of anilines is 3. The molecule has 0 aliphatic rings. The van der Waals surface area contributed by atoms with Gasteiger partial charge < -0.3 is 21.3 Å². The summed E-state index contributed by atoms with van der Waals surface area (Å²) in [4.78, 5) is 55.7. The predicted octanol–water partition coefficient (Wildman–Crippen LogP) is 10.2. The summed E-state index contributed by atoms with van der Waals surface area (Å²) >= 11 is 2.30. The smallest absolute Gasteiger partial charge is 0.272 e. The van der Waals surface area contributed by atoms with Crippen LogP contribution in [0.3, 0.4) is 0 Å². The van der Waals surface area contributed by atoms with E-state index >= 15 is 0 Å². The summed E-state index contributed by atoms with van der Waals surface area (Å²) < 4.78 is 0. The first kappa shape index (κ1) is 39.0. The fourth-order valence-corrected chi connectivity index (χ4v) is 8.34. The second-order valence-corrected chi connectivity index (χ2v) is 15.2. The van der Waals surface area contributed by atoms with Crippen molar-refractivity contribution in [1.29, 1.82) is 5.26 Å². The van der Waals surface area contributed by atoms with Crippen molar-refractivity contribution >= 4 is 80.0 Å². The third-order valence-electron chi connectivity index (χ3n) is 9.07. The fourth-order valence-electron chi connectivity index (χ4n) is 6.20. The van der Waals surface area contributed by atoms with Gasteiger partial charge in [-0.3, -0.25) is 19.2 Å². The third-order valence-corrected chi connectivity index (χ3v) is 11.5. The Bertz CT molecular complexity index is 2700. The van der Waals surface area contributed by atoms with Gasteiger partial charge in [0, 0.05) is 21.8 Å². The second kappa shape index (κ2) is 18.1. The molecule has 0 spiro atoms. The van der Waals surface area contributed by atoms with E-state index in [1.54, 1.807) is 67.6 Å². The van der Waals surface area contributed by atoms with E-state index < -0.39 is 23.0 Å². The first-order valence-corrected chi connectivity index (χ1v) is 19.9. The van der Waals surface area contributed by atoms with Crippen LogP contribution >= 0.6 is 23.1 Å². The van der Waals surface area contributed by atoms with Gasteiger partial charge in [-0.05, 0) is 82.9 Å². The molecule has 0 radical (unpaired) electrons. The molecule has 1 aromatic heterocycles. The van der Waals surface area contributed by atoms with Crippen LogP contribution in [0.4, 0.5) is 16.4 Å². The topological polar surface area (TPSA) is 140 Å². The van der Waals surface area contributed by atoms with Gasteiger partial charge in [0.05, 0.1) is 10.4 Å². The number of benzene rings is 6. The molecule has 0 fully saturated rings. The zero-order valence-corrected chi connectivity index (χ0v) is 32.7. The molecular formula is C47H35N5O4S2. The van der Waals surface area contributed by atoms with Crippen molar-refractivity contribution in [3.05, 3.63) is 196 Å². The number of rotatable bonds is 12. The summed E-state index contributed by atoms with van der Waals surface area (Å²) in [6.45, 7) is 1.68. The normalized spacial score (nSPS) is 11.6. The molecule has 1 atom stereocenters. The second-order valence-electron chi connectivity index (χ2n) is 13.0. The number of thioether (sulfide) groups is 1. The monoisotopic (exact) mass is 797 g/mol. The van der Waals surface area contributed by atoms with E-state index in [0.29, 0.717) is 37.8 Å². The minimum absolute atomic E-state index is 0.0427. The van der Waals surface area contributed by atoms with Gasteiger partial charge in [0.2, 0.25) is 5.91 Å². The van der Waals surface area contributed by atoms with Gasteiger partial charge in [0.15, 0.2) is 0 Å². The molecule has 7 rings (SSSR count). The number of nitrogens with one attached hydrogen (secondary N) is 4. The van der Waals surface area contributed by atoms with Gasteiger partial charge in [0.1, 0.15) is 22.0 Å². The standard InChI is InChI=1S/C47H35N5O4S2/c1-30-39(29-48)47(58-41(30)45(55)49-35-22-9-4-10-23-35)52-46(56)42(32-16-5-2-6-17-32)57-37-25-14-24-36(28-37)50-44(54)40(51-43(53)33-18-7-3-8-19-33)27-34-21-13-20-31-15-11-12-26-38(31)34/h2-28,42H,1H3,(H,49,55)(H,50,54)(H,51,53)(H,52,56)/b40-27+. The van der Waals surface area contributed by atoms with Crippen molar-refractivity contribution in [3.63, 3.8) is 0 Å². The molecule has 4 amide bonds. The average Bonchev–Trinajstić information content (AvgIpc) is 3.57. The molecular weight excluding hydrogens is 763 g/mol. The van der Waals surface area contributed by atoms with Crippen molar-refractivity contribution in [2.75, 3.05) is 16.0 Å². The molecule has 7 aromatic rings. The summed E-state index contributed by atoms with van der Waals surface area (Å²) in [5.41, 5.74) is 3.63. The quantitative estimate of drug-likeness (QED) is 0.0717. The van der Waals surface area contributed by atoms with E-state index in [2.05, 4.69) is 27.3 Å². The number of hydrogen-bond acceptors (Lipinski definition) is 7. The van der Waals surface area contributed by atoms with Crippen LogP contribution in [0.15, 0.2) is 168 Å². The zero-order valence-electron chi connectivity index (χ0n) is 31.1. The van der Waals surface area contributed by atoms with E-state index in [1.807, 2.05) is 103 Å². The molecule has 58 heavy (non-hydrogen) atoms. The van der Waals surface area contributed by atoms with Crippen LogP contribution in [0, 0.1) is 18.3 Å². The van der Waals surface area contributed by atoms with E-state index in [-0.39, 0.29) is 22.2 Å². The summed E-state index contributed by atoms with van der Waals surface area (Å²) in [5, 5.41) is 23.0. The summed E-state index contributed by atoms with van der Waals surface area (Å²) in [5.74, 6) is -1.76. The van der Waals surface area contributed by atoms with Crippen LogP contribution < -0.4 is 21.3 Å². The molecule has 11 heteroatoms. The zero-order chi connectivity index (χ0) is 40.4. The molecule has 0 saturated carbocycles. The maximum Gasteiger partial charge on any atom is 0.272 e. The van der Waals surface area contributed by atoms with Crippen molar-refractivity contribution in [3.8, 4) is 6.07 Å². The van der Waals surface area contributed by atoms with Crippen LogP contribution in [0.25, 0.3) is 16.8 Å². The lowest BCUT2D eigenvalue weighted by atomic mass is 10.0. The Balaban J connectivity index is 1.14. The summed E-state index contributed by atoms with van der Waals surface area (Å²) in [6.07, 6.45) is 1.66. The van der Waals surface area contributed by atoms with Crippen LogP contribution in [0.2, 0.25) is 0 Å². The highest BCUT2D eigenvalue weighted by molar-refractivity contribution is 8.00. The van der Waals surface area contributed by atoms with Gasteiger partial charge >= 0.3 is 0 Å². The number of nitriles is 1. The Morgan fingerprint density at radius 3 is 2.07 bits per heavy atom. The molecule has 0 aliphatic heterocycles. The highest BCUT2D eigenvalue weighted by Gasteiger charge is 2.27. The molecule has 0 bridgehead atoms. The number of para-hydroxylation sites is 1. The number of carbonyl (C=O) groups is 4. The molecule has 4 N–H and O–H groups in total. The Hall–Kier alpha value is -7.26. The largest absolute Gasteiger partial charge is 0.321 e. The Morgan fingerprint density at radius 2 is 1.33 bits per heavy atom. The fraction of sp³-hybridized carbons (Fsp3) is 0.0426. The summed E-state index contributed by atoms with van der Waals surface area (Å²) in [6, 6.07) is 49.6. The van der Waals surface area contributed by atoms with Crippen molar-refractivity contribution in [2.45, 2.75) is 17.1 Å². The molecule has 1 unspecified atom stereocenters. The number of carbonyl (C=O) groups excluding carboxylic acids is 4. The first-order chi connectivity index (χ1) is 28.3. The number of hydrogen-bond donors (Lipinski definition) is 4. The summed E-state index contributed by atoms with van der Waals surface area (Å²) in [7, 11) is 0. The van der Waals surface area contributed by atoms with Crippen LogP contribution in [0.5, 0.6) is 0 Å². The van der Waals surface area contributed by atoms with Crippen LogP contribution in [0.1, 0.15) is 47.5 Å². The number of amides is 4. The maximum absolute atomic E-state index is 14.2. The van der Waals surface area contributed by atoms with Crippen molar-refractivity contribution in [2.24, 2.45) is 0 Å². The minimum atomic E-state index is -0.783. The molecule has 6 aromatic carbocycles. The third kappa shape index (κ3) is 9.22. The number of thiophene rings is 1. The molecule has 0 aliphatic carbocycles. The van der Waals surface area contributed by atoms with Crippen molar-refractivity contribution in [1.82, 2.24) is 5.32 Å². The molecule has 9 nitrogen and oxygen atoms in total. The van der Waals surface area contributed by atoms with E-state index in [0.717, 1.165) is 27.7 Å². The number of nitrogens with zero attached hydrogens (tertiary/aromatic N) is 1. The average molecular weight is 798 g/mol. The van der Waals surface area contributed by atoms with Crippen molar-refractivity contribution < 1.29 is 19.2 Å². The molecule has 0 saturated heterocycles. The lowest BCUT2D eigenvalue weighted by Gasteiger charge is -2.17. The van der Waals surface area contributed by atoms with Gasteiger partial charge in [-0.25, -0.2) is 0 Å². The lowest BCUT2D eigenvalue weighted by molar-refractivity contribution is -0.116. The van der Waals surface area contributed by atoms with Gasteiger partial charge in [-0.2, -0.15) is 5.26 Å². The number of fused-ring (bicyclic) bond motifs is 1. The SMILES string of the molecule is Cc1c(C(=O)Nc2ccccc2)sc(NC(=O)C(Sc2cccc(NC(=O)/C(=C\c3cccc4ccccc34)NC(=O)c3ccccc3)c2)c2ccccc2)c1C#N. The molecule has 1 heterocycles. The van der Waals surface area contributed by atoms with Gasteiger partial charge in [-0.15, -0.1) is 23.1 Å². The Kier molecular flexibility index (Phi) is 12.2. The minimum Gasteiger partial charge on any atom is -0.321 e. The lowest BCUT2D eigenvalue weighted by Crippen LogP contribution is -2.30. The van der Waals surface area contributed by atoms with Crippen LogP contribution in [-0.4, -0.2) is 23.6 Å². The predicted molar refractivity (Wildman–Crippen MR) is 233 cm³/mol. The highest BCUT2D eigenvalue weighted by atomic mass is 32.2. The van der Waals surface area contributed by atoms with Gasteiger partial charge in [0.25, 0.3) is 17.7 Å². The Morgan fingerprint density at radius 1 is 0.690 bits per heavy atom. The first-order valence-electron chi connectivity index (χ1n) is 18.2.